The van der Waals surface area contributed by atoms with Crippen LogP contribution in [0.1, 0.15) is 30.9 Å². The number of guanidine groups is 1. The Morgan fingerprint density at radius 1 is 1.33 bits per heavy atom. The van der Waals surface area contributed by atoms with E-state index in [1.807, 2.05) is 6.92 Å². The summed E-state index contributed by atoms with van der Waals surface area (Å²) in [4.78, 5) is 4.58. The van der Waals surface area contributed by atoms with Crippen molar-refractivity contribution in [3.05, 3.63) is 29.1 Å². The van der Waals surface area contributed by atoms with Crippen molar-refractivity contribution in [3.8, 4) is 5.75 Å². The molecule has 0 atom stereocenters. The molecule has 1 aliphatic carbocycles. The van der Waals surface area contributed by atoms with Gasteiger partial charge in [0.2, 0.25) is 0 Å². The third-order valence-corrected chi connectivity index (χ3v) is 3.99. The molecular formula is C17H25FIN3O2. The quantitative estimate of drug-likeness (QED) is 0.399. The zero-order valence-corrected chi connectivity index (χ0v) is 16.3. The van der Waals surface area contributed by atoms with Crippen LogP contribution in [0.4, 0.5) is 4.39 Å². The maximum absolute atomic E-state index is 13.7. The van der Waals surface area contributed by atoms with Gasteiger partial charge in [-0.1, -0.05) is 0 Å². The summed E-state index contributed by atoms with van der Waals surface area (Å²) in [5.74, 6) is 2.10. The van der Waals surface area contributed by atoms with Crippen molar-refractivity contribution < 1.29 is 13.9 Å². The lowest BCUT2D eigenvalue weighted by Crippen LogP contribution is -2.38. The topological polar surface area (TPSA) is 54.9 Å². The fourth-order valence-corrected chi connectivity index (χ4v) is 2.62. The van der Waals surface area contributed by atoms with Gasteiger partial charge in [-0.3, -0.25) is 4.99 Å². The lowest BCUT2D eigenvalue weighted by molar-refractivity contribution is -0.0172. The standard InChI is InChI=1S/C17H24FN3O2.HI/c1-2-19-17(21-9-12-3-4-12)20-6-5-13-7-15(18)8-14-10-22-11-23-16(13)14;/h7-8,12H,2-6,9-11H2,1H3,(H2,19,20,21);1H. The van der Waals surface area contributed by atoms with E-state index in [0.29, 0.717) is 19.6 Å². The number of fused-ring (bicyclic) bond motifs is 1. The highest BCUT2D eigenvalue weighted by molar-refractivity contribution is 14.0. The Balaban J connectivity index is 0.00000208. The van der Waals surface area contributed by atoms with Crippen molar-refractivity contribution in [1.29, 1.82) is 0 Å². The lowest BCUT2D eigenvalue weighted by atomic mass is 10.1. The molecule has 3 rings (SSSR count). The van der Waals surface area contributed by atoms with E-state index < -0.39 is 0 Å². The molecule has 7 heteroatoms. The van der Waals surface area contributed by atoms with E-state index in [2.05, 4.69) is 15.6 Å². The van der Waals surface area contributed by atoms with Gasteiger partial charge in [-0.05, 0) is 49.8 Å². The van der Waals surface area contributed by atoms with Crippen LogP contribution in [0.25, 0.3) is 0 Å². The Labute approximate surface area is 159 Å². The molecule has 1 saturated carbocycles. The fraction of sp³-hybridized carbons (Fsp3) is 0.588. The molecule has 0 spiro atoms. The van der Waals surface area contributed by atoms with Gasteiger partial charge >= 0.3 is 0 Å². The third kappa shape index (κ3) is 5.47. The SMILES string of the molecule is CCNC(=NCC1CC1)NCCc1cc(F)cc2c1OCOC2.I. The first-order valence-electron chi connectivity index (χ1n) is 8.30. The molecule has 0 amide bonds. The van der Waals surface area contributed by atoms with Crippen molar-refractivity contribution in [2.75, 3.05) is 26.4 Å². The molecule has 2 aliphatic rings. The van der Waals surface area contributed by atoms with E-state index >= 15 is 0 Å². The molecule has 2 N–H and O–H groups in total. The van der Waals surface area contributed by atoms with Crippen molar-refractivity contribution in [2.24, 2.45) is 10.9 Å². The summed E-state index contributed by atoms with van der Waals surface area (Å²) < 4.78 is 24.5. The number of benzene rings is 1. The number of halogens is 2. The molecule has 1 aromatic rings. The van der Waals surface area contributed by atoms with Gasteiger partial charge in [0.05, 0.1) is 6.61 Å². The Hall–Kier alpha value is -1.09. The summed E-state index contributed by atoms with van der Waals surface area (Å²) in [7, 11) is 0. The van der Waals surface area contributed by atoms with E-state index in [9.17, 15) is 4.39 Å². The predicted molar refractivity (Wildman–Crippen MR) is 103 cm³/mol. The molecular weight excluding hydrogens is 424 g/mol. The van der Waals surface area contributed by atoms with Gasteiger partial charge in [-0.15, -0.1) is 24.0 Å². The summed E-state index contributed by atoms with van der Waals surface area (Å²) in [6.07, 6.45) is 3.25. The number of rotatable bonds is 6. The first-order chi connectivity index (χ1) is 11.3. The van der Waals surface area contributed by atoms with Crippen LogP contribution >= 0.6 is 24.0 Å². The first-order valence-corrected chi connectivity index (χ1v) is 8.30. The second kappa shape index (κ2) is 9.41. The van der Waals surface area contributed by atoms with Crippen LogP contribution < -0.4 is 15.4 Å². The monoisotopic (exact) mass is 449 g/mol. The summed E-state index contributed by atoms with van der Waals surface area (Å²) in [5.41, 5.74) is 1.65. The number of ether oxygens (including phenoxy) is 2. The van der Waals surface area contributed by atoms with Crippen LogP contribution in [-0.4, -0.2) is 32.4 Å². The van der Waals surface area contributed by atoms with Crippen LogP contribution in [0.5, 0.6) is 5.75 Å². The number of aliphatic imine (C=N–C) groups is 1. The lowest BCUT2D eigenvalue weighted by Gasteiger charge is -2.21. The van der Waals surface area contributed by atoms with Gasteiger partial charge in [-0.2, -0.15) is 0 Å². The Bertz CT molecular complexity index is 579. The van der Waals surface area contributed by atoms with E-state index in [1.54, 1.807) is 6.07 Å². The number of nitrogens with one attached hydrogen (secondary N) is 2. The Morgan fingerprint density at radius 2 is 2.17 bits per heavy atom. The van der Waals surface area contributed by atoms with Crippen LogP contribution in [0.3, 0.4) is 0 Å². The molecule has 134 valence electrons. The zero-order valence-electron chi connectivity index (χ0n) is 13.9. The average Bonchev–Trinajstić information content (AvgIpc) is 3.36. The van der Waals surface area contributed by atoms with Gasteiger partial charge in [-0.25, -0.2) is 4.39 Å². The van der Waals surface area contributed by atoms with Crippen LogP contribution in [0.2, 0.25) is 0 Å². The van der Waals surface area contributed by atoms with Crippen LogP contribution in [0, 0.1) is 11.7 Å². The van der Waals surface area contributed by atoms with E-state index in [-0.39, 0.29) is 36.6 Å². The van der Waals surface area contributed by atoms with Crippen molar-refractivity contribution in [3.63, 3.8) is 0 Å². The summed E-state index contributed by atoms with van der Waals surface area (Å²) in [5, 5.41) is 6.55. The minimum atomic E-state index is -0.248. The van der Waals surface area contributed by atoms with Crippen molar-refractivity contribution in [2.45, 2.75) is 32.8 Å². The number of nitrogens with zero attached hydrogens (tertiary/aromatic N) is 1. The summed E-state index contributed by atoms with van der Waals surface area (Å²) >= 11 is 0. The molecule has 1 aliphatic heterocycles. The van der Waals surface area contributed by atoms with Crippen molar-refractivity contribution in [1.82, 2.24) is 10.6 Å². The normalized spacial score (nSPS) is 16.7. The molecule has 0 unspecified atom stereocenters. The second-order valence-corrected chi connectivity index (χ2v) is 6.00. The van der Waals surface area contributed by atoms with Gasteiger partial charge < -0.3 is 20.1 Å². The van der Waals surface area contributed by atoms with Gasteiger partial charge in [0.25, 0.3) is 0 Å². The number of hydrogen-bond acceptors (Lipinski definition) is 3. The number of hydrogen-bond donors (Lipinski definition) is 2. The highest BCUT2D eigenvalue weighted by atomic mass is 127. The fourth-order valence-electron chi connectivity index (χ4n) is 2.62. The molecule has 0 saturated heterocycles. The van der Waals surface area contributed by atoms with Gasteiger partial charge in [0, 0.05) is 25.2 Å². The largest absolute Gasteiger partial charge is 0.467 e. The van der Waals surface area contributed by atoms with Gasteiger partial charge in [0.15, 0.2) is 12.8 Å². The maximum atomic E-state index is 13.7. The molecule has 0 radical (unpaired) electrons. The maximum Gasteiger partial charge on any atom is 0.191 e. The highest BCUT2D eigenvalue weighted by Gasteiger charge is 2.20. The van der Waals surface area contributed by atoms with E-state index in [0.717, 1.165) is 41.8 Å². The van der Waals surface area contributed by atoms with Gasteiger partial charge in [0.1, 0.15) is 11.6 Å². The Morgan fingerprint density at radius 3 is 2.92 bits per heavy atom. The smallest absolute Gasteiger partial charge is 0.191 e. The molecule has 1 fully saturated rings. The van der Waals surface area contributed by atoms with Crippen LogP contribution in [-0.2, 0) is 17.8 Å². The molecule has 0 aromatic heterocycles. The molecule has 1 heterocycles. The zero-order chi connectivity index (χ0) is 16.1. The van der Waals surface area contributed by atoms with E-state index in [4.69, 9.17) is 9.47 Å². The third-order valence-electron chi connectivity index (χ3n) is 3.99. The minimum absolute atomic E-state index is 0. The molecule has 0 bridgehead atoms. The van der Waals surface area contributed by atoms with E-state index in [1.165, 1.54) is 18.9 Å². The molecule has 24 heavy (non-hydrogen) atoms. The van der Waals surface area contributed by atoms with Crippen LogP contribution in [0.15, 0.2) is 17.1 Å². The average molecular weight is 449 g/mol. The summed E-state index contributed by atoms with van der Waals surface area (Å²) in [6, 6.07) is 3.02. The Kier molecular flexibility index (Phi) is 7.54. The molecule has 5 nitrogen and oxygen atoms in total. The predicted octanol–water partition coefficient (Wildman–Crippen LogP) is 2.82. The minimum Gasteiger partial charge on any atom is -0.467 e. The second-order valence-electron chi connectivity index (χ2n) is 6.00. The first kappa shape index (κ1) is 19.2. The highest BCUT2D eigenvalue weighted by Crippen LogP contribution is 2.30. The molecule has 1 aromatic carbocycles. The summed E-state index contributed by atoms with van der Waals surface area (Å²) in [6.45, 7) is 5.06. The van der Waals surface area contributed by atoms with Crippen molar-refractivity contribution >= 4 is 29.9 Å².